The molecule has 1 fully saturated rings. The first-order valence-corrected chi connectivity index (χ1v) is 10.1. The van der Waals surface area contributed by atoms with Crippen LogP contribution >= 0.6 is 0 Å². The molecule has 1 aliphatic heterocycles. The van der Waals surface area contributed by atoms with Gasteiger partial charge in [0.2, 0.25) is 0 Å². The smallest absolute Gasteiger partial charge is 0.351 e. The Labute approximate surface area is 189 Å². The lowest BCUT2D eigenvalue weighted by Gasteiger charge is -2.30. The summed E-state index contributed by atoms with van der Waals surface area (Å²) in [7, 11) is 2.90. The van der Waals surface area contributed by atoms with Gasteiger partial charge in [-0.1, -0.05) is 30.3 Å². The zero-order valence-electron chi connectivity index (χ0n) is 18.2. The number of aliphatic hydroxyl groups excluding tert-OH is 3. The van der Waals surface area contributed by atoms with Crippen molar-refractivity contribution in [2.75, 3.05) is 39.5 Å². The molecule has 1 aromatic carbocycles. The topological polar surface area (TPSA) is 162 Å². The van der Waals surface area contributed by atoms with Gasteiger partial charge in [-0.25, -0.2) is 15.1 Å². The van der Waals surface area contributed by atoms with Crippen molar-refractivity contribution in [3.8, 4) is 0 Å². The first-order valence-electron chi connectivity index (χ1n) is 10.1. The van der Waals surface area contributed by atoms with E-state index in [0.717, 1.165) is 4.57 Å². The molecule has 4 atom stereocenters. The fraction of sp³-hybridized carbons (Fsp3) is 0.476. The lowest BCUT2D eigenvalue weighted by Crippen LogP contribution is -2.46. The zero-order valence-corrected chi connectivity index (χ0v) is 18.2. The standard InChI is InChI=1S/C21H27N3O9/c1-30-11-21(12-31-2,13-6-4-3-5-7-13)19(28)33-23-15-8-9-24(20(29)22-15)18-17(27)16(26)14(10-25)32-18/h3-9,14,16-18,25-27H,10-12H2,1-2H3,(H,22,23,29)/t14-,16-,17-,18-/m1/s1. The number of methoxy groups -OCH3 is 2. The molecule has 1 aromatic heterocycles. The van der Waals surface area contributed by atoms with E-state index in [1.54, 1.807) is 24.3 Å². The predicted molar refractivity (Wildman–Crippen MR) is 113 cm³/mol. The van der Waals surface area contributed by atoms with Crippen molar-refractivity contribution in [2.24, 2.45) is 0 Å². The molecule has 0 unspecified atom stereocenters. The summed E-state index contributed by atoms with van der Waals surface area (Å²) in [5.74, 6) is -0.792. The van der Waals surface area contributed by atoms with Crippen LogP contribution in [0.4, 0.5) is 5.82 Å². The molecular weight excluding hydrogens is 438 g/mol. The minimum absolute atomic E-state index is 0.0222. The highest BCUT2D eigenvalue weighted by atomic mass is 16.7. The van der Waals surface area contributed by atoms with Gasteiger partial charge in [-0.2, -0.15) is 4.98 Å². The Kier molecular flexibility index (Phi) is 8.13. The van der Waals surface area contributed by atoms with E-state index >= 15 is 0 Å². The molecule has 0 amide bonds. The number of aromatic nitrogens is 2. The summed E-state index contributed by atoms with van der Waals surface area (Å²) in [4.78, 5) is 34.5. The quantitative estimate of drug-likeness (QED) is 0.317. The third-order valence-electron chi connectivity index (χ3n) is 5.37. The fourth-order valence-corrected chi connectivity index (χ4v) is 3.66. The van der Waals surface area contributed by atoms with Crippen molar-refractivity contribution in [2.45, 2.75) is 30.0 Å². The highest BCUT2D eigenvalue weighted by molar-refractivity contribution is 5.84. The normalized spacial score (nSPS) is 22.8. The highest BCUT2D eigenvalue weighted by Crippen LogP contribution is 2.29. The molecule has 2 heterocycles. The number of hydrogen-bond acceptors (Lipinski definition) is 11. The van der Waals surface area contributed by atoms with E-state index in [2.05, 4.69) is 10.5 Å². The van der Waals surface area contributed by atoms with Gasteiger partial charge in [-0.05, 0) is 5.56 Å². The molecule has 0 aliphatic carbocycles. The molecule has 0 bridgehead atoms. The number of anilines is 1. The van der Waals surface area contributed by atoms with Crippen LogP contribution in [0.5, 0.6) is 0 Å². The van der Waals surface area contributed by atoms with Gasteiger partial charge < -0.3 is 34.4 Å². The van der Waals surface area contributed by atoms with Crippen LogP contribution in [0.25, 0.3) is 0 Å². The maximum absolute atomic E-state index is 13.1. The Morgan fingerprint density at radius 1 is 1.15 bits per heavy atom. The number of nitrogens with one attached hydrogen (secondary N) is 1. The second-order valence-electron chi connectivity index (χ2n) is 7.54. The Morgan fingerprint density at radius 2 is 1.82 bits per heavy atom. The number of rotatable bonds is 10. The van der Waals surface area contributed by atoms with Crippen molar-refractivity contribution < 1.29 is 39.2 Å². The van der Waals surface area contributed by atoms with E-state index < -0.39 is 48.2 Å². The molecule has 0 radical (unpaired) electrons. The third-order valence-corrected chi connectivity index (χ3v) is 5.37. The number of carbonyl (C=O) groups is 1. The van der Waals surface area contributed by atoms with E-state index in [0.29, 0.717) is 5.56 Å². The van der Waals surface area contributed by atoms with Gasteiger partial charge >= 0.3 is 11.7 Å². The van der Waals surface area contributed by atoms with Crippen LogP contribution in [0.2, 0.25) is 0 Å². The molecule has 1 saturated heterocycles. The average molecular weight is 465 g/mol. The first-order chi connectivity index (χ1) is 15.9. The molecule has 4 N–H and O–H groups in total. The number of carbonyl (C=O) groups excluding carboxylic acids is 1. The first kappa shape index (κ1) is 24.8. The molecule has 12 nitrogen and oxygen atoms in total. The molecule has 33 heavy (non-hydrogen) atoms. The summed E-state index contributed by atoms with van der Waals surface area (Å²) >= 11 is 0. The van der Waals surface area contributed by atoms with Crippen molar-refractivity contribution in [1.82, 2.24) is 9.55 Å². The van der Waals surface area contributed by atoms with E-state index in [9.17, 15) is 24.9 Å². The van der Waals surface area contributed by atoms with Crippen LogP contribution in [0.15, 0.2) is 47.4 Å². The number of nitrogens with zero attached hydrogens (tertiary/aromatic N) is 2. The maximum Gasteiger partial charge on any atom is 0.351 e. The van der Waals surface area contributed by atoms with Crippen LogP contribution in [0.1, 0.15) is 11.8 Å². The van der Waals surface area contributed by atoms with Crippen molar-refractivity contribution in [3.05, 3.63) is 58.6 Å². The molecule has 0 spiro atoms. The lowest BCUT2D eigenvalue weighted by atomic mass is 9.82. The van der Waals surface area contributed by atoms with Crippen LogP contribution in [0.3, 0.4) is 0 Å². The summed E-state index contributed by atoms with van der Waals surface area (Å²) in [5.41, 5.74) is 0.863. The predicted octanol–water partition coefficient (Wildman–Crippen LogP) is -1.04. The van der Waals surface area contributed by atoms with Gasteiger partial charge in [-0.15, -0.1) is 0 Å². The molecule has 12 heteroatoms. The van der Waals surface area contributed by atoms with Gasteiger partial charge in [-0.3, -0.25) is 4.57 Å². The summed E-state index contributed by atoms with van der Waals surface area (Å²) in [5, 5.41) is 29.2. The lowest BCUT2D eigenvalue weighted by molar-refractivity contribution is -0.152. The van der Waals surface area contributed by atoms with Crippen molar-refractivity contribution >= 4 is 11.8 Å². The molecule has 2 aromatic rings. The number of ether oxygens (including phenoxy) is 3. The minimum Gasteiger partial charge on any atom is -0.394 e. The molecule has 0 saturated carbocycles. The van der Waals surface area contributed by atoms with E-state index in [1.165, 1.54) is 26.5 Å². The monoisotopic (exact) mass is 465 g/mol. The molecule has 3 rings (SSSR count). The summed E-state index contributed by atoms with van der Waals surface area (Å²) < 4.78 is 16.8. The number of aliphatic hydroxyl groups is 3. The largest absolute Gasteiger partial charge is 0.394 e. The second-order valence-corrected chi connectivity index (χ2v) is 7.54. The average Bonchev–Trinajstić information content (AvgIpc) is 3.11. The molecule has 180 valence electrons. The van der Waals surface area contributed by atoms with Crippen LogP contribution in [-0.4, -0.2) is 83.2 Å². The van der Waals surface area contributed by atoms with Crippen LogP contribution < -0.4 is 11.2 Å². The molecule has 1 aliphatic rings. The highest BCUT2D eigenvalue weighted by Gasteiger charge is 2.44. The van der Waals surface area contributed by atoms with Gasteiger partial charge in [0.05, 0.1) is 19.8 Å². The molecular formula is C21H27N3O9. The summed E-state index contributed by atoms with van der Waals surface area (Å²) in [6.07, 6.45) is -3.82. The Bertz CT molecular complexity index is 978. The Balaban J connectivity index is 1.76. The summed E-state index contributed by atoms with van der Waals surface area (Å²) in [6, 6.07) is 10.2. The Hall–Kier alpha value is -2.87. The minimum atomic E-state index is -1.44. The van der Waals surface area contributed by atoms with E-state index in [-0.39, 0.29) is 19.0 Å². The second kappa shape index (κ2) is 10.8. The van der Waals surface area contributed by atoms with Gasteiger partial charge in [0.1, 0.15) is 23.7 Å². The van der Waals surface area contributed by atoms with Crippen molar-refractivity contribution in [1.29, 1.82) is 0 Å². The number of benzene rings is 1. The van der Waals surface area contributed by atoms with Crippen LogP contribution in [-0.2, 0) is 29.3 Å². The SMILES string of the molecule is COCC(COC)(C(=O)ONc1ccn([C@@H]2O[C@H](CO)[C@@H](O)[C@H]2O)c(=O)n1)c1ccccc1. The Morgan fingerprint density at radius 3 is 2.36 bits per heavy atom. The maximum atomic E-state index is 13.1. The van der Waals surface area contributed by atoms with Gasteiger partial charge in [0.25, 0.3) is 0 Å². The number of hydrogen-bond donors (Lipinski definition) is 4. The zero-order chi connectivity index (χ0) is 24.0. The van der Waals surface area contributed by atoms with Gasteiger partial charge in [0, 0.05) is 26.5 Å². The summed E-state index contributed by atoms with van der Waals surface area (Å²) in [6.45, 7) is -0.574. The third kappa shape index (κ3) is 5.05. The van der Waals surface area contributed by atoms with Gasteiger partial charge in [0.15, 0.2) is 12.0 Å². The fourth-order valence-electron chi connectivity index (χ4n) is 3.66. The van der Waals surface area contributed by atoms with Crippen molar-refractivity contribution in [3.63, 3.8) is 0 Å². The van der Waals surface area contributed by atoms with Crippen LogP contribution in [0, 0.1) is 0 Å². The van der Waals surface area contributed by atoms with E-state index in [1.807, 2.05) is 6.07 Å². The van der Waals surface area contributed by atoms with E-state index in [4.69, 9.17) is 19.0 Å².